The lowest BCUT2D eigenvalue weighted by molar-refractivity contribution is -0.0500. The summed E-state index contributed by atoms with van der Waals surface area (Å²) in [6.45, 7) is -1.52. The van der Waals surface area contributed by atoms with E-state index >= 15 is 0 Å². The fourth-order valence-corrected chi connectivity index (χ4v) is 2.39. The molecule has 0 radical (unpaired) electrons. The van der Waals surface area contributed by atoms with Crippen LogP contribution < -0.4 is 10.1 Å². The van der Waals surface area contributed by atoms with E-state index in [4.69, 9.17) is 23.2 Å². The first kappa shape index (κ1) is 17.4. The van der Waals surface area contributed by atoms with Crippen LogP contribution in [-0.2, 0) is 0 Å². The molecular weight excluding hydrogens is 354 g/mol. The minimum absolute atomic E-state index is 0.0673. The van der Waals surface area contributed by atoms with E-state index in [1.54, 1.807) is 6.92 Å². The average molecular weight is 364 g/mol. The fourth-order valence-electron chi connectivity index (χ4n) is 1.86. The van der Waals surface area contributed by atoms with Crippen LogP contribution in [0.3, 0.4) is 0 Å². The number of carbonyl (C=O) groups is 1. The topological polar surface area (TPSA) is 38.3 Å². The number of carbonyl (C=O) groups excluding carboxylic acids is 1. The van der Waals surface area contributed by atoms with Crippen LogP contribution in [0.15, 0.2) is 30.3 Å². The predicted octanol–water partition coefficient (Wildman–Crippen LogP) is 5.29. The minimum atomic E-state index is -3.17. The summed E-state index contributed by atoms with van der Waals surface area (Å²) in [7, 11) is 0. The van der Waals surface area contributed by atoms with Gasteiger partial charge < -0.3 is 10.1 Å². The van der Waals surface area contributed by atoms with Crippen molar-refractivity contribution < 1.29 is 22.7 Å². The van der Waals surface area contributed by atoms with Crippen molar-refractivity contribution in [2.24, 2.45) is 0 Å². The Morgan fingerprint density at radius 2 is 1.91 bits per heavy atom. The lowest BCUT2D eigenvalue weighted by Crippen LogP contribution is -2.16. The number of benzene rings is 2. The van der Waals surface area contributed by atoms with Gasteiger partial charge >= 0.3 is 6.61 Å². The van der Waals surface area contributed by atoms with Crippen molar-refractivity contribution in [2.75, 3.05) is 5.32 Å². The highest BCUT2D eigenvalue weighted by Crippen LogP contribution is 2.34. The quantitative estimate of drug-likeness (QED) is 0.800. The van der Waals surface area contributed by atoms with Crippen molar-refractivity contribution in [2.45, 2.75) is 13.5 Å². The van der Waals surface area contributed by atoms with Gasteiger partial charge in [-0.15, -0.1) is 0 Å². The molecule has 0 aromatic heterocycles. The second-order valence-electron chi connectivity index (χ2n) is 4.56. The Morgan fingerprint density at radius 3 is 2.57 bits per heavy atom. The number of ether oxygens (including phenoxy) is 1. The monoisotopic (exact) mass is 363 g/mol. The summed E-state index contributed by atoms with van der Waals surface area (Å²) in [5.41, 5.74) is 0.491. The highest BCUT2D eigenvalue weighted by atomic mass is 35.5. The summed E-state index contributed by atoms with van der Waals surface area (Å²) in [6.07, 6.45) is 0. The third-order valence-corrected chi connectivity index (χ3v) is 3.41. The fraction of sp³-hybridized carbons (Fsp3) is 0.133. The Morgan fingerprint density at radius 1 is 1.22 bits per heavy atom. The molecule has 0 unspecified atom stereocenters. The number of anilines is 1. The first-order chi connectivity index (χ1) is 10.8. The van der Waals surface area contributed by atoms with Gasteiger partial charge in [-0.1, -0.05) is 29.3 Å². The van der Waals surface area contributed by atoms with E-state index in [9.17, 15) is 18.0 Å². The van der Waals surface area contributed by atoms with Crippen LogP contribution in [0, 0.1) is 12.7 Å². The molecule has 1 amide bonds. The molecule has 0 fully saturated rings. The van der Waals surface area contributed by atoms with E-state index < -0.39 is 24.1 Å². The molecule has 122 valence electrons. The molecular formula is C15H10Cl2F3NO2. The Bertz CT molecular complexity index is 754. The minimum Gasteiger partial charge on any atom is -0.432 e. The van der Waals surface area contributed by atoms with Gasteiger partial charge in [0.2, 0.25) is 0 Å². The van der Waals surface area contributed by atoms with E-state index in [0.717, 1.165) is 12.1 Å². The lowest BCUT2D eigenvalue weighted by atomic mass is 10.1. The standard InChI is InChI=1S/C15H10Cl2F3NO2/c1-7-2-3-9(18)6-12(7)21-14(22)10-4-8(16)5-11(17)13(10)23-15(19)20/h2-6,15H,1H3,(H,21,22). The summed E-state index contributed by atoms with van der Waals surface area (Å²) in [5, 5.41) is 2.24. The molecule has 0 bridgehead atoms. The molecule has 8 heteroatoms. The van der Waals surface area contributed by atoms with Gasteiger partial charge in [0.25, 0.3) is 5.91 Å². The summed E-state index contributed by atoms with van der Waals surface area (Å²) in [6, 6.07) is 6.10. The molecule has 2 aromatic rings. The van der Waals surface area contributed by atoms with Gasteiger partial charge in [-0.25, -0.2) is 4.39 Å². The summed E-state index contributed by atoms with van der Waals surface area (Å²) >= 11 is 11.6. The SMILES string of the molecule is Cc1ccc(F)cc1NC(=O)c1cc(Cl)cc(Cl)c1OC(F)F. The Balaban J connectivity index is 2.40. The maximum absolute atomic E-state index is 13.3. The number of aryl methyl sites for hydroxylation is 1. The van der Waals surface area contributed by atoms with Gasteiger partial charge in [0.05, 0.1) is 10.6 Å². The van der Waals surface area contributed by atoms with Crippen molar-refractivity contribution in [3.05, 3.63) is 57.3 Å². The van der Waals surface area contributed by atoms with Crippen LogP contribution in [-0.4, -0.2) is 12.5 Å². The van der Waals surface area contributed by atoms with Gasteiger partial charge in [-0.05, 0) is 36.8 Å². The molecule has 2 rings (SSSR count). The molecule has 0 aliphatic carbocycles. The Kier molecular flexibility index (Phi) is 5.38. The van der Waals surface area contributed by atoms with Crippen molar-refractivity contribution in [3.8, 4) is 5.75 Å². The van der Waals surface area contributed by atoms with Crippen LogP contribution in [0.1, 0.15) is 15.9 Å². The van der Waals surface area contributed by atoms with E-state index in [0.29, 0.717) is 5.56 Å². The van der Waals surface area contributed by atoms with E-state index in [2.05, 4.69) is 10.1 Å². The van der Waals surface area contributed by atoms with Gasteiger partial charge in [0.1, 0.15) is 5.82 Å². The zero-order chi connectivity index (χ0) is 17.1. The lowest BCUT2D eigenvalue weighted by Gasteiger charge is -2.14. The van der Waals surface area contributed by atoms with Gasteiger partial charge in [-0.2, -0.15) is 8.78 Å². The molecule has 0 spiro atoms. The van der Waals surface area contributed by atoms with Crippen molar-refractivity contribution >= 4 is 34.8 Å². The summed E-state index contributed by atoms with van der Waals surface area (Å²) in [5.74, 6) is -1.87. The van der Waals surface area contributed by atoms with Gasteiger partial charge in [-0.3, -0.25) is 4.79 Å². The van der Waals surface area contributed by atoms with Crippen LogP contribution >= 0.6 is 23.2 Å². The van der Waals surface area contributed by atoms with Crippen molar-refractivity contribution in [1.82, 2.24) is 0 Å². The second kappa shape index (κ2) is 7.10. The average Bonchev–Trinajstić information content (AvgIpc) is 2.45. The van der Waals surface area contributed by atoms with Crippen LogP contribution in [0.25, 0.3) is 0 Å². The molecule has 1 N–H and O–H groups in total. The van der Waals surface area contributed by atoms with E-state index in [-0.39, 0.29) is 21.3 Å². The number of rotatable bonds is 4. The zero-order valence-corrected chi connectivity index (χ0v) is 13.2. The summed E-state index contributed by atoms with van der Waals surface area (Å²) in [4.78, 5) is 12.3. The van der Waals surface area contributed by atoms with E-state index in [1.165, 1.54) is 18.2 Å². The van der Waals surface area contributed by atoms with Gasteiger partial charge in [0.15, 0.2) is 5.75 Å². The zero-order valence-electron chi connectivity index (χ0n) is 11.7. The third-order valence-electron chi connectivity index (χ3n) is 2.91. The predicted molar refractivity (Wildman–Crippen MR) is 82.2 cm³/mol. The third kappa shape index (κ3) is 4.30. The number of amides is 1. The molecule has 3 nitrogen and oxygen atoms in total. The number of hydrogen-bond acceptors (Lipinski definition) is 2. The largest absolute Gasteiger partial charge is 0.432 e. The van der Waals surface area contributed by atoms with Crippen LogP contribution in [0.2, 0.25) is 10.0 Å². The maximum atomic E-state index is 13.3. The number of halogens is 5. The Hall–Kier alpha value is -1.92. The highest BCUT2D eigenvalue weighted by molar-refractivity contribution is 6.36. The number of nitrogens with one attached hydrogen (secondary N) is 1. The number of hydrogen-bond donors (Lipinski definition) is 1. The molecule has 0 aliphatic heterocycles. The highest BCUT2D eigenvalue weighted by Gasteiger charge is 2.21. The molecule has 23 heavy (non-hydrogen) atoms. The van der Waals surface area contributed by atoms with Crippen LogP contribution in [0.5, 0.6) is 5.75 Å². The summed E-state index contributed by atoms with van der Waals surface area (Å²) < 4.78 is 42.5. The van der Waals surface area contributed by atoms with Crippen LogP contribution in [0.4, 0.5) is 18.9 Å². The Labute approximate surface area is 140 Å². The maximum Gasteiger partial charge on any atom is 0.387 e. The normalized spacial score (nSPS) is 10.7. The van der Waals surface area contributed by atoms with Crippen molar-refractivity contribution in [1.29, 1.82) is 0 Å². The van der Waals surface area contributed by atoms with Gasteiger partial charge in [0, 0.05) is 10.7 Å². The molecule has 2 aromatic carbocycles. The number of alkyl halides is 2. The second-order valence-corrected chi connectivity index (χ2v) is 5.40. The first-order valence-electron chi connectivity index (χ1n) is 6.29. The molecule has 0 saturated heterocycles. The van der Waals surface area contributed by atoms with Crippen molar-refractivity contribution in [3.63, 3.8) is 0 Å². The first-order valence-corrected chi connectivity index (χ1v) is 7.05. The molecule has 0 atom stereocenters. The smallest absolute Gasteiger partial charge is 0.387 e. The molecule has 0 heterocycles. The van der Waals surface area contributed by atoms with E-state index in [1.807, 2.05) is 0 Å². The molecule has 0 aliphatic rings. The molecule has 0 saturated carbocycles.